The predicted octanol–water partition coefficient (Wildman–Crippen LogP) is 0.877. The van der Waals surface area contributed by atoms with Gasteiger partial charge in [0.1, 0.15) is 0 Å². The van der Waals surface area contributed by atoms with E-state index in [-0.39, 0.29) is 12.0 Å². The van der Waals surface area contributed by atoms with E-state index >= 15 is 0 Å². The molecular weight excluding hydrogens is 216 g/mol. The smallest absolute Gasteiger partial charge is 0.217 e. The standard InChI is InChI=1S/C13H24N2O2/c14-13(17)8-10-4-3-7-15(9-10)11-5-1-2-6-12(11)16/h10-12,16H,1-9H2,(H2,14,17). The maximum Gasteiger partial charge on any atom is 0.217 e. The number of nitrogens with two attached hydrogens (primary N) is 1. The predicted molar refractivity (Wildman–Crippen MR) is 66.4 cm³/mol. The van der Waals surface area contributed by atoms with Gasteiger partial charge >= 0.3 is 0 Å². The topological polar surface area (TPSA) is 66.6 Å². The number of likely N-dealkylation sites (tertiary alicyclic amines) is 1. The third-order valence-corrected chi connectivity index (χ3v) is 4.20. The molecule has 3 atom stereocenters. The molecule has 2 rings (SSSR count). The van der Waals surface area contributed by atoms with Crippen molar-refractivity contribution in [2.45, 2.75) is 57.1 Å². The molecule has 0 spiro atoms. The fourth-order valence-corrected chi connectivity index (χ4v) is 3.37. The van der Waals surface area contributed by atoms with Gasteiger partial charge in [-0.3, -0.25) is 9.69 Å². The molecule has 17 heavy (non-hydrogen) atoms. The Kier molecular flexibility index (Phi) is 4.40. The van der Waals surface area contributed by atoms with Gasteiger partial charge in [-0.2, -0.15) is 0 Å². The highest BCUT2D eigenvalue weighted by atomic mass is 16.3. The lowest BCUT2D eigenvalue weighted by molar-refractivity contribution is -0.119. The summed E-state index contributed by atoms with van der Waals surface area (Å²) in [4.78, 5) is 13.4. The van der Waals surface area contributed by atoms with Crippen LogP contribution in [0.1, 0.15) is 44.9 Å². The Hall–Kier alpha value is -0.610. The first-order valence-corrected chi connectivity index (χ1v) is 6.87. The van der Waals surface area contributed by atoms with Crippen molar-refractivity contribution in [2.75, 3.05) is 13.1 Å². The Bertz CT molecular complexity index is 270. The van der Waals surface area contributed by atoms with Crippen LogP contribution in [0.4, 0.5) is 0 Å². The molecule has 1 heterocycles. The number of hydrogen-bond donors (Lipinski definition) is 2. The second kappa shape index (κ2) is 5.83. The van der Waals surface area contributed by atoms with E-state index in [1.54, 1.807) is 0 Å². The molecule has 3 N–H and O–H groups in total. The molecule has 0 aromatic rings. The lowest BCUT2D eigenvalue weighted by Crippen LogP contribution is -2.50. The van der Waals surface area contributed by atoms with Crippen molar-refractivity contribution in [3.63, 3.8) is 0 Å². The van der Waals surface area contributed by atoms with Gasteiger partial charge in [0, 0.05) is 19.0 Å². The van der Waals surface area contributed by atoms with Crippen LogP contribution in [-0.2, 0) is 4.79 Å². The summed E-state index contributed by atoms with van der Waals surface area (Å²) in [5.41, 5.74) is 5.27. The molecule has 0 aromatic carbocycles. The number of primary amides is 1. The number of amides is 1. The average Bonchev–Trinajstić information content (AvgIpc) is 2.29. The van der Waals surface area contributed by atoms with Crippen molar-refractivity contribution < 1.29 is 9.90 Å². The molecule has 98 valence electrons. The Morgan fingerprint density at radius 3 is 2.71 bits per heavy atom. The van der Waals surface area contributed by atoms with E-state index < -0.39 is 0 Å². The number of piperidine rings is 1. The van der Waals surface area contributed by atoms with E-state index in [0.29, 0.717) is 18.4 Å². The number of carbonyl (C=O) groups excluding carboxylic acids is 1. The minimum Gasteiger partial charge on any atom is -0.391 e. The fourth-order valence-electron chi connectivity index (χ4n) is 3.37. The van der Waals surface area contributed by atoms with E-state index in [4.69, 9.17) is 5.73 Å². The normalized spacial score (nSPS) is 35.7. The van der Waals surface area contributed by atoms with Gasteiger partial charge in [-0.25, -0.2) is 0 Å². The molecule has 4 heteroatoms. The molecule has 0 bridgehead atoms. The van der Waals surface area contributed by atoms with Gasteiger partial charge in [0.2, 0.25) is 5.91 Å². The van der Waals surface area contributed by atoms with E-state index in [1.165, 1.54) is 6.42 Å². The Labute approximate surface area is 103 Å². The number of carbonyl (C=O) groups is 1. The molecule has 2 fully saturated rings. The molecular formula is C13H24N2O2. The number of aliphatic hydroxyl groups is 1. The second-order valence-electron chi connectivity index (χ2n) is 5.59. The third kappa shape index (κ3) is 3.42. The zero-order valence-electron chi connectivity index (χ0n) is 10.5. The van der Waals surface area contributed by atoms with Crippen molar-refractivity contribution in [3.8, 4) is 0 Å². The van der Waals surface area contributed by atoms with Gasteiger partial charge in [-0.1, -0.05) is 12.8 Å². The van der Waals surface area contributed by atoms with Crippen LogP contribution in [0.25, 0.3) is 0 Å². The molecule has 4 nitrogen and oxygen atoms in total. The lowest BCUT2D eigenvalue weighted by atomic mass is 9.87. The van der Waals surface area contributed by atoms with Crippen molar-refractivity contribution in [3.05, 3.63) is 0 Å². The summed E-state index contributed by atoms with van der Waals surface area (Å²) < 4.78 is 0. The Morgan fingerprint density at radius 1 is 1.24 bits per heavy atom. The highest BCUT2D eigenvalue weighted by molar-refractivity contribution is 5.74. The van der Waals surface area contributed by atoms with Crippen molar-refractivity contribution in [1.82, 2.24) is 4.90 Å². The maximum atomic E-state index is 11.0. The lowest BCUT2D eigenvalue weighted by Gasteiger charge is -2.42. The summed E-state index contributed by atoms with van der Waals surface area (Å²) >= 11 is 0. The van der Waals surface area contributed by atoms with Crippen LogP contribution >= 0.6 is 0 Å². The van der Waals surface area contributed by atoms with E-state index in [0.717, 1.165) is 45.2 Å². The minimum absolute atomic E-state index is 0.170. The number of hydrogen-bond acceptors (Lipinski definition) is 3. The van der Waals surface area contributed by atoms with Crippen LogP contribution < -0.4 is 5.73 Å². The quantitative estimate of drug-likeness (QED) is 0.769. The summed E-state index contributed by atoms with van der Waals surface area (Å²) in [5.74, 6) is 0.205. The zero-order valence-corrected chi connectivity index (χ0v) is 10.5. The average molecular weight is 240 g/mol. The largest absolute Gasteiger partial charge is 0.391 e. The van der Waals surface area contributed by atoms with Gasteiger partial charge < -0.3 is 10.8 Å². The first kappa shape index (κ1) is 12.8. The molecule has 1 saturated heterocycles. The zero-order chi connectivity index (χ0) is 12.3. The monoisotopic (exact) mass is 240 g/mol. The van der Waals surface area contributed by atoms with Crippen molar-refractivity contribution in [2.24, 2.45) is 11.7 Å². The molecule has 1 amide bonds. The van der Waals surface area contributed by atoms with Gasteiger partial charge in [0.25, 0.3) is 0 Å². The van der Waals surface area contributed by atoms with Crippen molar-refractivity contribution in [1.29, 1.82) is 0 Å². The van der Waals surface area contributed by atoms with Crippen LogP contribution in [0.3, 0.4) is 0 Å². The number of aliphatic hydroxyl groups excluding tert-OH is 1. The van der Waals surface area contributed by atoms with Crippen LogP contribution in [0.5, 0.6) is 0 Å². The first-order valence-electron chi connectivity index (χ1n) is 6.87. The number of nitrogens with zero attached hydrogens (tertiary/aromatic N) is 1. The summed E-state index contributed by atoms with van der Waals surface area (Å²) in [5, 5.41) is 10.1. The summed E-state index contributed by atoms with van der Waals surface area (Å²) in [6, 6.07) is 0.319. The third-order valence-electron chi connectivity index (χ3n) is 4.20. The molecule has 0 aromatic heterocycles. The molecule has 3 unspecified atom stereocenters. The van der Waals surface area contributed by atoms with E-state index in [1.807, 2.05) is 0 Å². The molecule has 1 saturated carbocycles. The summed E-state index contributed by atoms with van der Waals surface area (Å²) in [7, 11) is 0. The van der Waals surface area contributed by atoms with Crippen LogP contribution in [-0.4, -0.2) is 41.1 Å². The first-order chi connectivity index (χ1) is 8.16. The van der Waals surface area contributed by atoms with Gasteiger partial charge in [-0.05, 0) is 38.1 Å². The van der Waals surface area contributed by atoms with Gasteiger partial charge in [-0.15, -0.1) is 0 Å². The van der Waals surface area contributed by atoms with Crippen LogP contribution in [0, 0.1) is 5.92 Å². The number of rotatable bonds is 3. The second-order valence-corrected chi connectivity index (χ2v) is 5.59. The SMILES string of the molecule is NC(=O)CC1CCCN(C2CCCCC2O)C1. The molecule has 1 aliphatic heterocycles. The molecule has 0 radical (unpaired) electrons. The fraction of sp³-hybridized carbons (Fsp3) is 0.923. The van der Waals surface area contributed by atoms with Crippen LogP contribution in [0.15, 0.2) is 0 Å². The minimum atomic E-state index is -0.193. The van der Waals surface area contributed by atoms with E-state index in [2.05, 4.69) is 4.90 Å². The highest BCUT2D eigenvalue weighted by Crippen LogP contribution is 2.28. The van der Waals surface area contributed by atoms with Gasteiger partial charge in [0.15, 0.2) is 0 Å². The van der Waals surface area contributed by atoms with Crippen molar-refractivity contribution >= 4 is 5.91 Å². The highest BCUT2D eigenvalue weighted by Gasteiger charge is 2.32. The van der Waals surface area contributed by atoms with Crippen LogP contribution in [0.2, 0.25) is 0 Å². The summed E-state index contributed by atoms with van der Waals surface area (Å²) in [6.45, 7) is 2.00. The summed E-state index contributed by atoms with van der Waals surface area (Å²) in [6.07, 6.45) is 6.96. The maximum absolute atomic E-state index is 11.0. The molecule has 1 aliphatic carbocycles. The Balaban J connectivity index is 1.89. The Morgan fingerprint density at radius 2 is 2.00 bits per heavy atom. The molecule has 2 aliphatic rings. The van der Waals surface area contributed by atoms with E-state index in [9.17, 15) is 9.90 Å². The van der Waals surface area contributed by atoms with Gasteiger partial charge in [0.05, 0.1) is 6.10 Å².